The second-order valence-electron chi connectivity index (χ2n) is 4.80. The van der Waals surface area contributed by atoms with Crippen LogP contribution in [0, 0.1) is 5.92 Å². The molecule has 0 unspecified atom stereocenters. The van der Waals surface area contributed by atoms with Gasteiger partial charge >= 0.3 is 6.09 Å². The molecule has 2 bridgehead atoms. The summed E-state index contributed by atoms with van der Waals surface area (Å²) < 4.78 is 4.93. The molecule has 0 radical (unpaired) electrons. The van der Waals surface area contributed by atoms with Crippen LogP contribution in [0.2, 0.25) is 0 Å². The molecule has 1 amide bonds. The first-order valence-corrected chi connectivity index (χ1v) is 6.26. The number of nitrogens with zero attached hydrogens (tertiary/aromatic N) is 2. The minimum absolute atomic E-state index is 0.0647. The second kappa shape index (κ2) is 4.44. The van der Waals surface area contributed by atoms with Crippen molar-refractivity contribution in [3.05, 3.63) is 42.2 Å². The summed E-state index contributed by atoms with van der Waals surface area (Å²) >= 11 is 0. The topological polar surface area (TPSA) is 42.4 Å². The molecule has 0 saturated carbocycles. The van der Waals surface area contributed by atoms with Gasteiger partial charge in [-0.3, -0.25) is 9.88 Å². The predicted octanol–water partition coefficient (Wildman–Crippen LogP) is 2.54. The molecular formula is C14H16N2O2. The number of hydrogen-bond acceptors (Lipinski definition) is 3. The number of hydrogen-bond donors (Lipinski definition) is 0. The summed E-state index contributed by atoms with van der Waals surface area (Å²) in [4.78, 5) is 18.0. The summed E-state index contributed by atoms with van der Waals surface area (Å²) in [7, 11) is 1.44. The Balaban J connectivity index is 2.00. The number of methoxy groups -OCH3 is 1. The largest absolute Gasteiger partial charge is 0.453 e. The molecule has 1 aliphatic carbocycles. The Labute approximate surface area is 106 Å². The van der Waals surface area contributed by atoms with Crippen LogP contribution in [0.25, 0.3) is 0 Å². The number of ether oxygens (including phenoxy) is 1. The van der Waals surface area contributed by atoms with E-state index in [1.807, 2.05) is 23.2 Å². The zero-order valence-corrected chi connectivity index (χ0v) is 10.3. The molecular weight excluding hydrogens is 228 g/mol. The average Bonchev–Trinajstić information content (AvgIpc) is 2.47. The van der Waals surface area contributed by atoms with Crippen LogP contribution >= 0.6 is 0 Å². The maximum absolute atomic E-state index is 12.0. The van der Waals surface area contributed by atoms with Gasteiger partial charge in [0, 0.05) is 18.3 Å². The highest BCUT2D eigenvalue weighted by molar-refractivity contribution is 5.69. The molecule has 0 N–H and O–H groups in total. The molecule has 1 saturated heterocycles. The van der Waals surface area contributed by atoms with E-state index < -0.39 is 0 Å². The van der Waals surface area contributed by atoms with Gasteiger partial charge in [-0.25, -0.2) is 4.79 Å². The Morgan fingerprint density at radius 2 is 2.33 bits per heavy atom. The molecule has 2 aliphatic heterocycles. The minimum Gasteiger partial charge on any atom is -0.453 e. The molecule has 3 atom stereocenters. The van der Waals surface area contributed by atoms with E-state index in [9.17, 15) is 4.79 Å². The van der Waals surface area contributed by atoms with Crippen LogP contribution in [0.5, 0.6) is 0 Å². The van der Waals surface area contributed by atoms with Gasteiger partial charge in [-0.15, -0.1) is 0 Å². The molecule has 3 heterocycles. The standard InChI is InChI=1S/C14H16N2O2/c1-18-14(17)16-12-6-4-10(5-7-12)13(16)11-3-2-8-15-9-11/h2-4,6,8-10,12-13H,5,7H2,1H3/t10-,12-,13+/m0/s1. The van der Waals surface area contributed by atoms with E-state index in [1.54, 1.807) is 6.20 Å². The highest BCUT2D eigenvalue weighted by Crippen LogP contribution is 2.43. The fraction of sp³-hybridized carbons (Fsp3) is 0.429. The lowest BCUT2D eigenvalue weighted by molar-refractivity contribution is 0.0473. The van der Waals surface area contributed by atoms with Gasteiger partial charge in [0.15, 0.2) is 0 Å². The Morgan fingerprint density at radius 3 is 2.94 bits per heavy atom. The highest BCUT2D eigenvalue weighted by atomic mass is 16.5. The lowest BCUT2D eigenvalue weighted by Crippen LogP contribution is -2.50. The van der Waals surface area contributed by atoms with Crippen LogP contribution < -0.4 is 0 Å². The maximum Gasteiger partial charge on any atom is 0.410 e. The van der Waals surface area contributed by atoms with Crippen LogP contribution in [-0.4, -0.2) is 29.1 Å². The number of piperidine rings is 1. The van der Waals surface area contributed by atoms with Crippen molar-refractivity contribution >= 4 is 6.09 Å². The number of fused-ring (bicyclic) bond motifs is 2. The molecule has 1 aromatic rings. The Kier molecular flexibility index (Phi) is 2.78. The first-order valence-electron chi connectivity index (χ1n) is 6.26. The van der Waals surface area contributed by atoms with Crippen LogP contribution in [-0.2, 0) is 4.74 Å². The fourth-order valence-corrected chi connectivity index (χ4v) is 3.05. The summed E-state index contributed by atoms with van der Waals surface area (Å²) in [5.41, 5.74) is 1.09. The van der Waals surface area contributed by atoms with E-state index in [4.69, 9.17) is 4.74 Å². The summed E-state index contributed by atoms with van der Waals surface area (Å²) in [6, 6.07) is 4.17. The van der Waals surface area contributed by atoms with E-state index in [1.165, 1.54) is 7.11 Å². The van der Waals surface area contributed by atoms with Gasteiger partial charge in [0.25, 0.3) is 0 Å². The molecule has 1 fully saturated rings. The summed E-state index contributed by atoms with van der Waals surface area (Å²) in [6.07, 6.45) is 9.84. The maximum atomic E-state index is 12.0. The molecule has 1 aromatic heterocycles. The number of carbonyl (C=O) groups excluding carboxylic acids is 1. The first-order chi connectivity index (χ1) is 8.81. The first kappa shape index (κ1) is 11.3. The van der Waals surface area contributed by atoms with Crippen molar-refractivity contribution < 1.29 is 9.53 Å². The van der Waals surface area contributed by atoms with Crippen LogP contribution in [0.4, 0.5) is 4.79 Å². The quantitative estimate of drug-likeness (QED) is 0.713. The van der Waals surface area contributed by atoms with Gasteiger partial charge in [0.2, 0.25) is 0 Å². The van der Waals surface area contributed by atoms with E-state index >= 15 is 0 Å². The molecule has 94 valence electrons. The minimum atomic E-state index is -0.247. The van der Waals surface area contributed by atoms with Crippen LogP contribution in [0.15, 0.2) is 36.7 Å². The number of aromatic nitrogens is 1. The molecule has 4 nitrogen and oxygen atoms in total. The number of amides is 1. The lowest BCUT2D eigenvalue weighted by Gasteiger charge is -2.47. The third-order valence-corrected chi connectivity index (χ3v) is 3.85. The normalized spacial score (nSPS) is 29.4. The predicted molar refractivity (Wildman–Crippen MR) is 66.9 cm³/mol. The van der Waals surface area contributed by atoms with E-state index in [0.29, 0.717) is 5.92 Å². The van der Waals surface area contributed by atoms with Gasteiger partial charge in [-0.2, -0.15) is 0 Å². The second-order valence-corrected chi connectivity index (χ2v) is 4.80. The van der Waals surface area contributed by atoms with Gasteiger partial charge in [-0.1, -0.05) is 18.2 Å². The Hall–Kier alpha value is -1.84. The van der Waals surface area contributed by atoms with Crippen molar-refractivity contribution in [1.29, 1.82) is 0 Å². The highest BCUT2D eigenvalue weighted by Gasteiger charge is 2.42. The smallest absolute Gasteiger partial charge is 0.410 e. The third-order valence-electron chi connectivity index (χ3n) is 3.85. The third kappa shape index (κ3) is 1.68. The van der Waals surface area contributed by atoms with Crippen LogP contribution in [0.3, 0.4) is 0 Å². The van der Waals surface area contributed by atoms with E-state index in [0.717, 1.165) is 18.4 Å². The molecule has 4 heteroatoms. The van der Waals surface area contributed by atoms with Gasteiger partial charge in [0.1, 0.15) is 0 Å². The van der Waals surface area contributed by atoms with Gasteiger partial charge in [0.05, 0.1) is 19.2 Å². The summed E-state index contributed by atoms with van der Waals surface area (Å²) in [5, 5.41) is 0. The van der Waals surface area contributed by atoms with Gasteiger partial charge < -0.3 is 4.74 Å². The lowest BCUT2D eigenvalue weighted by atomic mass is 9.77. The number of rotatable bonds is 1. The van der Waals surface area contributed by atoms with Gasteiger partial charge in [-0.05, 0) is 24.5 Å². The molecule has 18 heavy (non-hydrogen) atoms. The van der Waals surface area contributed by atoms with Crippen molar-refractivity contribution in [2.45, 2.75) is 24.9 Å². The van der Waals surface area contributed by atoms with Crippen molar-refractivity contribution in [3.8, 4) is 0 Å². The summed E-state index contributed by atoms with van der Waals surface area (Å²) in [6.45, 7) is 0. The van der Waals surface area contributed by atoms with Crippen molar-refractivity contribution in [2.24, 2.45) is 5.92 Å². The van der Waals surface area contributed by atoms with Crippen LogP contribution in [0.1, 0.15) is 24.4 Å². The zero-order chi connectivity index (χ0) is 12.5. The monoisotopic (exact) mass is 244 g/mol. The number of pyridine rings is 1. The average molecular weight is 244 g/mol. The molecule has 0 spiro atoms. The van der Waals surface area contributed by atoms with E-state index in [2.05, 4.69) is 17.1 Å². The molecule has 3 aliphatic rings. The van der Waals surface area contributed by atoms with E-state index in [-0.39, 0.29) is 18.2 Å². The Bertz CT molecular complexity index is 472. The zero-order valence-electron chi connectivity index (χ0n) is 10.3. The van der Waals surface area contributed by atoms with Crippen molar-refractivity contribution in [2.75, 3.05) is 7.11 Å². The molecule has 4 rings (SSSR count). The van der Waals surface area contributed by atoms with Crippen molar-refractivity contribution in [1.82, 2.24) is 9.88 Å². The van der Waals surface area contributed by atoms with Crippen molar-refractivity contribution in [3.63, 3.8) is 0 Å². The fourth-order valence-electron chi connectivity index (χ4n) is 3.05. The molecule has 0 aromatic carbocycles. The SMILES string of the molecule is COC(=O)N1[C@H]2C=C[C@@H](CC2)[C@@H]1c1cccnc1. The Morgan fingerprint density at radius 1 is 1.44 bits per heavy atom. The number of carbonyl (C=O) groups is 1. The summed E-state index contributed by atoms with van der Waals surface area (Å²) in [5.74, 6) is 0.373.